The highest BCUT2D eigenvalue weighted by atomic mass is 35.5. The number of aromatic nitrogens is 2. The number of hydrogen-bond acceptors (Lipinski definition) is 5. The summed E-state index contributed by atoms with van der Waals surface area (Å²) in [4.78, 5) is 24.7. The van der Waals surface area contributed by atoms with Gasteiger partial charge in [-0.15, -0.1) is 0 Å². The molecule has 0 bridgehead atoms. The number of carbonyl (C=O) groups is 1. The summed E-state index contributed by atoms with van der Waals surface area (Å²) >= 11 is 6.00. The summed E-state index contributed by atoms with van der Waals surface area (Å²) in [7, 11) is 2.92. The van der Waals surface area contributed by atoms with Gasteiger partial charge in [0.1, 0.15) is 5.02 Å². The van der Waals surface area contributed by atoms with Crippen LogP contribution in [0.4, 0.5) is 10.5 Å². The number of likely N-dealkylation sites (tertiary alicyclic amines) is 1. The van der Waals surface area contributed by atoms with Gasteiger partial charge in [0.05, 0.1) is 19.0 Å². The predicted molar refractivity (Wildman–Crippen MR) is 75.1 cm³/mol. The van der Waals surface area contributed by atoms with E-state index in [0.29, 0.717) is 18.8 Å². The van der Waals surface area contributed by atoms with Gasteiger partial charge in [-0.1, -0.05) is 11.6 Å². The van der Waals surface area contributed by atoms with Gasteiger partial charge in [-0.2, -0.15) is 5.10 Å². The van der Waals surface area contributed by atoms with Crippen molar-refractivity contribution < 1.29 is 9.53 Å². The molecule has 1 saturated heterocycles. The van der Waals surface area contributed by atoms with Crippen LogP contribution in [0.15, 0.2) is 11.0 Å². The second kappa shape index (κ2) is 6.13. The van der Waals surface area contributed by atoms with Crippen molar-refractivity contribution in [2.45, 2.75) is 18.9 Å². The Morgan fingerprint density at radius 3 is 2.75 bits per heavy atom. The molecule has 0 aliphatic carbocycles. The van der Waals surface area contributed by atoms with Crippen LogP contribution in [0.1, 0.15) is 12.8 Å². The zero-order chi connectivity index (χ0) is 14.7. The molecule has 1 amide bonds. The van der Waals surface area contributed by atoms with Crippen LogP contribution in [0.3, 0.4) is 0 Å². The molecule has 110 valence electrons. The number of nitrogens with zero attached hydrogens (tertiary/aromatic N) is 3. The maximum atomic E-state index is 11.7. The zero-order valence-corrected chi connectivity index (χ0v) is 12.2. The maximum Gasteiger partial charge on any atom is 0.409 e. The van der Waals surface area contributed by atoms with E-state index in [1.54, 1.807) is 11.9 Å². The summed E-state index contributed by atoms with van der Waals surface area (Å²) < 4.78 is 5.87. The molecule has 0 spiro atoms. The third kappa shape index (κ3) is 3.04. The van der Waals surface area contributed by atoms with Gasteiger partial charge in [0.15, 0.2) is 0 Å². The molecule has 1 aromatic rings. The van der Waals surface area contributed by atoms with Gasteiger partial charge in [0, 0.05) is 26.2 Å². The Kier molecular flexibility index (Phi) is 4.49. The highest BCUT2D eigenvalue weighted by Gasteiger charge is 2.23. The first kappa shape index (κ1) is 14.6. The minimum atomic E-state index is -0.330. The molecule has 0 radical (unpaired) electrons. The number of methoxy groups -OCH3 is 1. The molecular formula is C12H17ClN4O3. The number of carbonyl (C=O) groups excluding carboxylic acids is 1. The van der Waals surface area contributed by atoms with Gasteiger partial charge in [-0.3, -0.25) is 4.79 Å². The standard InChI is InChI=1S/C12H17ClN4O3/c1-16-11(18)10(13)9(7-14-16)15-8-3-5-17(6-4-8)12(19)20-2/h7-8,15H,3-6H2,1-2H3. The second-order valence-corrected chi connectivity index (χ2v) is 5.05. The van der Waals surface area contributed by atoms with Crippen molar-refractivity contribution in [3.8, 4) is 0 Å². The second-order valence-electron chi connectivity index (χ2n) is 4.68. The number of piperidine rings is 1. The van der Waals surface area contributed by atoms with Gasteiger partial charge >= 0.3 is 6.09 Å². The van der Waals surface area contributed by atoms with E-state index in [2.05, 4.69) is 15.2 Å². The number of hydrogen-bond donors (Lipinski definition) is 1. The summed E-state index contributed by atoms with van der Waals surface area (Å²) in [5.41, 5.74) is 0.204. The maximum absolute atomic E-state index is 11.7. The number of anilines is 1. The molecule has 1 aliphatic heterocycles. The number of amides is 1. The molecule has 1 aliphatic rings. The van der Waals surface area contributed by atoms with Crippen LogP contribution >= 0.6 is 11.6 Å². The van der Waals surface area contributed by atoms with Crippen LogP contribution in [-0.2, 0) is 11.8 Å². The van der Waals surface area contributed by atoms with Crippen molar-refractivity contribution in [1.29, 1.82) is 0 Å². The third-order valence-electron chi connectivity index (χ3n) is 3.37. The molecule has 1 N–H and O–H groups in total. The van der Waals surface area contributed by atoms with Crippen LogP contribution in [0.2, 0.25) is 5.02 Å². The molecule has 0 atom stereocenters. The summed E-state index contributed by atoms with van der Waals surface area (Å²) in [6, 6.07) is 0.155. The van der Waals surface area contributed by atoms with Gasteiger partial charge in [0.2, 0.25) is 0 Å². The van der Waals surface area contributed by atoms with Crippen LogP contribution in [0.25, 0.3) is 0 Å². The summed E-state index contributed by atoms with van der Waals surface area (Å²) in [6.45, 7) is 1.22. The predicted octanol–water partition coefficient (Wildman–Crippen LogP) is 1.08. The molecule has 8 heteroatoms. The molecule has 0 aromatic carbocycles. The van der Waals surface area contributed by atoms with E-state index in [-0.39, 0.29) is 22.7 Å². The molecule has 2 rings (SSSR count). The van der Waals surface area contributed by atoms with Crippen LogP contribution in [0.5, 0.6) is 0 Å². The summed E-state index contributed by atoms with van der Waals surface area (Å²) in [5, 5.41) is 7.28. The lowest BCUT2D eigenvalue weighted by atomic mass is 10.1. The Bertz CT molecular complexity index is 552. The number of rotatable bonds is 2. The first-order chi connectivity index (χ1) is 9.52. The third-order valence-corrected chi connectivity index (χ3v) is 3.73. The van der Waals surface area contributed by atoms with Crippen molar-refractivity contribution in [1.82, 2.24) is 14.7 Å². The number of ether oxygens (including phenoxy) is 1. The monoisotopic (exact) mass is 300 g/mol. The van der Waals surface area contributed by atoms with Crippen LogP contribution in [-0.4, -0.2) is 47.0 Å². The Morgan fingerprint density at radius 1 is 1.50 bits per heavy atom. The summed E-state index contributed by atoms with van der Waals surface area (Å²) in [5.74, 6) is 0. The van der Waals surface area contributed by atoms with E-state index >= 15 is 0 Å². The fraction of sp³-hybridized carbons (Fsp3) is 0.583. The van der Waals surface area contributed by atoms with Gasteiger partial charge in [-0.05, 0) is 12.8 Å². The minimum absolute atomic E-state index is 0.137. The Labute approximate surface area is 121 Å². The van der Waals surface area contributed by atoms with Crippen molar-refractivity contribution >= 4 is 23.4 Å². The van der Waals surface area contributed by atoms with Gasteiger partial charge < -0.3 is 15.0 Å². The highest BCUT2D eigenvalue weighted by molar-refractivity contribution is 6.32. The van der Waals surface area contributed by atoms with Crippen LogP contribution < -0.4 is 10.9 Å². The van der Waals surface area contributed by atoms with Crippen molar-refractivity contribution in [3.63, 3.8) is 0 Å². The minimum Gasteiger partial charge on any atom is -0.453 e. The molecule has 20 heavy (non-hydrogen) atoms. The average molecular weight is 301 g/mol. The van der Waals surface area contributed by atoms with E-state index in [1.807, 2.05) is 0 Å². The number of nitrogens with one attached hydrogen (secondary N) is 1. The lowest BCUT2D eigenvalue weighted by Gasteiger charge is -2.31. The lowest BCUT2D eigenvalue weighted by molar-refractivity contribution is 0.113. The SMILES string of the molecule is COC(=O)N1CCC(Nc2cnn(C)c(=O)c2Cl)CC1. The number of aryl methyl sites for hydroxylation is 1. The van der Waals surface area contributed by atoms with Crippen LogP contribution in [0, 0.1) is 0 Å². The van der Waals surface area contributed by atoms with E-state index in [4.69, 9.17) is 11.6 Å². The molecular weight excluding hydrogens is 284 g/mol. The first-order valence-corrected chi connectivity index (χ1v) is 6.72. The van der Waals surface area contributed by atoms with E-state index in [9.17, 15) is 9.59 Å². The highest BCUT2D eigenvalue weighted by Crippen LogP contribution is 2.20. The molecule has 0 unspecified atom stereocenters. The van der Waals surface area contributed by atoms with Crippen molar-refractivity contribution in [2.24, 2.45) is 7.05 Å². The average Bonchev–Trinajstić information content (AvgIpc) is 2.48. The van der Waals surface area contributed by atoms with Crippen molar-refractivity contribution in [3.05, 3.63) is 21.6 Å². The Morgan fingerprint density at radius 2 is 2.15 bits per heavy atom. The molecule has 1 fully saturated rings. The fourth-order valence-corrected chi connectivity index (χ4v) is 2.39. The quantitative estimate of drug-likeness (QED) is 0.884. The van der Waals surface area contributed by atoms with E-state index < -0.39 is 0 Å². The summed E-state index contributed by atoms with van der Waals surface area (Å²) in [6.07, 6.45) is 2.76. The fourth-order valence-electron chi connectivity index (χ4n) is 2.17. The topological polar surface area (TPSA) is 76.5 Å². The molecule has 1 aromatic heterocycles. The van der Waals surface area contributed by atoms with E-state index in [0.717, 1.165) is 12.8 Å². The molecule has 7 nitrogen and oxygen atoms in total. The smallest absolute Gasteiger partial charge is 0.409 e. The lowest BCUT2D eigenvalue weighted by Crippen LogP contribution is -2.42. The molecule has 0 saturated carbocycles. The number of halogens is 1. The molecule has 2 heterocycles. The van der Waals surface area contributed by atoms with Gasteiger partial charge in [0.25, 0.3) is 5.56 Å². The zero-order valence-electron chi connectivity index (χ0n) is 11.4. The normalized spacial score (nSPS) is 16.1. The van der Waals surface area contributed by atoms with Gasteiger partial charge in [-0.25, -0.2) is 9.48 Å². The first-order valence-electron chi connectivity index (χ1n) is 6.34. The largest absolute Gasteiger partial charge is 0.453 e. The Hall–Kier alpha value is -1.76. The van der Waals surface area contributed by atoms with Crippen molar-refractivity contribution in [2.75, 3.05) is 25.5 Å². The Balaban J connectivity index is 1.98. The van der Waals surface area contributed by atoms with E-state index in [1.165, 1.54) is 18.0 Å².